The van der Waals surface area contributed by atoms with Gasteiger partial charge < -0.3 is 10.2 Å². The van der Waals surface area contributed by atoms with E-state index in [0.717, 1.165) is 24.6 Å². The van der Waals surface area contributed by atoms with Gasteiger partial charge in [0.05, 0.1) is 6.20 Å². The monoisotopic (exact) mass is 341 g/mol. The van der Waals surface area contributed by atoms with E-state index >= 15 is 0 Å². The molecule has 2 fully saturated rings. The van der Waals surface area contributed by atoms with E-state index in [1.165, 1.54) is 32.1 Å². The fourth-order valence-electron chi connectivity index (χ4n) is 3.84. The molecule has 0 bridgehead atoms. The highest BCUT2D eigenvalue weighted by Crippen LogP contribution is 2.39. The van der Waals surface area contributed by atoms with Crippen molar-refractivity contribution in [3.8, 4) is 0 Å². The highest BCUT2D eigenvalue weighted by Gasteiger charge is 2.39. The van der Waals surface area contributed by atoms with Crippen molar-refractivity contribution in [2.24, 2.45) is 5.92 Å². The lowest BCUT2D eigenvalue weighted by molar-refractivity contribution is 0.0905. The molecule has 6 heteroatoms. The number of anilines is 1. The zero-order valence-corrected chi connectivity index (χ0v) is 15.4. The molecular weight excluding hydrogens is 314 g/mol. The van der Waals surface area contributed by atoms with Gasteiger partial charge in [-0.3, -0.25) is 4.79 Å². The smallest absolute Gasteiger partial charge is 0.257 e. The van der Waals surface area contributed by atoms with Crippen LogP contribution >= 0.6 is 0 Å². The van der Waals surface area contributed by atoms with Gasteiger partial charge in [-0.1, -0.05) is 0 Å². The molecule has 134 valence electrons. The maximum atomic E-state index is 12.8. The Balaban J connectivity index is 1.68. The highest BCUT2D eigenvalue weighted by molar-refractivity contribution is 6.00. The fourth-order valence-corrected chi connectivity index (χ4v) is 3.84. The summed E-state index contributed by atoms with van der Waals surface area (Å²) in [4.78, 5) is 19.8. The first kappa shape index (κ1) is 16.4. The summed E-state index contributed by atoms with van der Waals surface area (Å²) in [5, 5.41) is 7.68. The number of aryl methyl sites for hydroxylation is 1. The van der Waals surface area contributed by atoms with Crippen molar-refractivity contribution >= 4 is 17.4 Å². The van der Waals surface area contributed by atoms with Gasteiger partial charge in [-0.2, -0.15) is 9.61 Å². The predicted octanol–water partition coefficient (Wildman–Crippen LogP) is 2.95. The van der Waals surface area contributed by atoms with Crippen LogP contribution in [0.4, 0.5) is 5.82 Å². The van der Waals surface area contributed by atoms with Crippen molar-refractivity contribution in [1.82, 2.24) is 19.9 Å². The minimum atomic E-state index is -0.176. The van der Waals surface area contributed by atoms with Gasteiger partial charge in [0.2, 0.25) is 0 Å². The standard InChI is InChI=1S/C19H27N5O/c1-13-11-16(23-9-5-4-6-10-23)24-17(21-13)15(12-20-24)18(25)22-19(2,3)14-7-8-14/h11-12,14H,4-10H2,1-3H3,(H,22,25). The number of aromatic nitrogens is 3. The Kier molecular flexibility index (Phi) is 3.93. The second-order valence-corrected chi connectivity index (χ2v) is 8.05. The molecule has 2 aliphatic rings. The molecule has 2 aromatic rings. The molecule has 25 heavy (non-hydrogen) atoms. The lowest BCUT2D eigenvalue weighted by Crippen LogP contribution is -2.45. The molecule has 0 aromatic carbocycles. The Morgan fingerprint density at radius 3 is 2.64 bits per heavy atom. The number of nitrogens with zero attached hydrogens (tertiary/aromatic N) is 4. The van der Waals surface area contributed by atoms with Gasteiger partial charge >= 0.3 is 0 Å². The van der Waals surface area contributed by atoms with E-state index < -0.39 is 0 Å². The van der Waals surface area contributed by atoms with E-state index in [2.05, 4.69) is 40.2 Å². The molecule has 1 N–H and O–H groups in total. The number of rotatable bonds is 4. The van der Waals surface area contributed by atoms with Gasteiger partial charge in [0.15, 0.2) is 5.65 Å². The lowest BCUT2D eigenvalue weighted by Gasteiger charge is -2.29. The Labute approximate surface area is 148 Å². The molecule has 0 spiro atoms. The molecule has 0 unspecified atom stereocenters. The number of carbonyl (C=O) groups is 1. The topological polar surface area (TPSA) is 62.5 Å². The van der Waals surface area contributed by atoms with Crippen LogP contribution in [-0.4, -0.2) is 39.1 Å². The van der Waals surface area contributed by atoms with Gasteiger partial charge in [-0.25, -0.2) is 4.98 Å². The predicted molar refractivity (Wildman–Crippen MR) is 98.1 cm³/mol. The molecule has 1 amide bonds. The number of amides is 1. The van der Waals surface area contributed by atoms with Gasteiger partial charge in [-0.15, -0.1) is 0 Å². The lowest BCUT2D eigenvalue weighted by atomic mass is 9.98. The van der Waals surface area contributed by atoms with Crippen molar-refractivity contribution in [3.63, 3.8) is 0 Å². The number of carbonyl (C=O) groups excluding carboxylic acids is 1. The van der Waals surface area contributed by atoms with Crippen molar-refractivity contribution in [3.05, 3.63) is 23.5 Å². The van der Waals surface area contributed by atoms with E-state index in [-0.39, 0.29) is 11.4 Å². The minimum Gasteiger partial charge on any atom is -0.356 e. The maximum Gasteiger partial charge on any atom is 0.257 e. The summed E-state index contributed by atoms with van der Waals surface area (Å²) >= 11 is 0. The Morgan fingerprint density at radius 1 is 1.24 bits per heavy atom. The fraction of sp³-hybridized carbons (Fsp3) is 0.632. The number of hydrogen-bond donors (Lipinski definition) is 1. The number of hydrogen-bond acceptors (Lipinski definition) is 4. The van der Waals surface area contributed by atoms with E-state index in [0.29, 0.717) is 17.1 Å². The Bertz CT molecular complexity index is 799. The first-order chi connectivity index (χ1) is 12.0. The summed E-state index contributed by atoms with van der Waals surface area (Å²) < 4.78 is 1.83. The molecule has 6 nitrogen and oxygen atoms in total. The van der Waals surface area contributed by atoms with E-state index in [9.17, 15) is 4.79 Å². The third-order valence-electron chi connectivity index (χ3n) is 5.54. The van der Waals surface area contributed by atoms with Gasteiger partial charge in [-0.05, 0) is 58.8 Å². The summed E-state index contributed by atoms with van der Waals surface area (Å²) in [7, 11) is 0. The zero-order chi connectivity index (χ0) is 17.6. The normalized spacial score (nSPS) is 18.6. The van der Waals surface area contributed by atoms with E-state index in [4.69, 9.17) is 0 Å². The van der Waals surface area contributed by atoms with Gasteiger partial charge in [0, 0.05) is 30.4 Å². The van der Waals surface area contributed by atoms with Crippen LogP contribution in [0.3, 0.4) is 0 Å². The average Bonchev–Trinajstić information content (AvgIpc) is 3.36. The van der Waals surface area contributed by atoms with Crippen LogP contribution < -0.4 is 10.2 Å². The van der Waals surface area contributed by atoms with E-state index in [1.54, 1.807) is 6.20 Å². The number of piperidine rings is 1. The molecule has 1 aliphatic heterocycles. The van der Waals surface area contributed by atoms with Crippen molar-refractivity contribution < 1.29 is 4.79 Å². The van der Waals surface area contributed by atoms with Crippen LogP contribution in [0.5, 0.6) is 0 Å². The molecular formula is C19H27N5O. The van der Waals surface area contributed by atoms with Crippen molar-refractivity contribution in [2.45, 2.75) is 58.4 Å². The molecule has 2 aromatic heterocycles. The third kappa shape index (κ3) is 3.10. The Hall–Kier alpha value is -2.11. The zero-order valence-electron chi connectivity index (χ0n) is 15.4. The molecule has 1 saturated carbocycles. The minimum absolute atomic E-state index is 0.0744. The van der Waals surface area contributed by atoms with Crippen LogP contribution in [0, 0.1) is 12.8 Å². The number of nitrogens with one attached hydrogen (secondary N) is 1. The molecule has 4 rings (SSSR count). The van der Waals surface area contributed by atoms with Gasteiger partial charge in [0.1, 0.15) is 11.4 Å². The average molecular weight is 341 g/mol. The summed E-state index contributed by atoms with van der Waals surface area (Å²) in [6.07, 6.45) is 7.73. The molecule has 3 heterocycles. The summed E-state index contributed by atoms with van der Waals surface area (Å²) in [5.41, 5.74) is 1.97. The SMILES string of the molecule is Cc1cc(N2CCCCC2)n2ncc(C(=O)NC(C)(C)C3CC3)c2n1. The summed E-state index contributed by atoms with van der Waals surface area (Å²) in [6.45, 7) is 8.26. The number of fused-ring (bicyclic) bond motifs is 1. The van der Waals surface area contributed by atoms with Crippen molar-refractivity contribution in [2.75, 3.05) is 18.0 Å². The first-order valence-electron chi connectivity index (χ1n) is 9.38. The van der Waals surface area contributed by atoms with Crippen LogP contribution in [0.2, 0.25) is 0 Å². The molecule has 0 radical (unpaired) electrons. The summed E-state index contributed by atoms with van der Waals surface area (Å²) in [6, 6.07) is 2.07. The van der Waals surface area contributed by atoms with Crippen molar-refractivity contribution in [1.29, 1.82) is 0 Å². The van der Waals surface area contributed by atoms with Gasteiger partial charge in [0.25, 0.3) is 5.91 Å². The van der Waals surface area contributed by atoms with Crippen LogP contribution in [0.25, 0.3) is 5.65 Å². The third-order valence-corrected chi connectivity index (χ3v) is 5.54. The quantitative estimate of drug-likeness (QED) is 0.929. The van der Waals surface area contributed by atoms with E-state index in [1.807, 2.05) is 11.4 Å². The Morgan fingerprint density at radius 2 is 1.96 bits per heavy atom. The maximum absolute atomic E-state index is 12.8. The molecule has 0 atom stereocenters. The molecule has 1 saturated heterocycles. The first-order valence-corrected chi connectivity index (χ1v) is 9.38. The van der Waals surface area contributed by atoms with Crippen LogP contribution in [-0.2, 0) is 0 Å². The molecule has 1 aliphatic carbocycles. The highest BCUT2D eigenvalue weighted by atomic mass is 16.1. The summed E-state index contributed by atoms with van der Waals surface area (Å²) in [5.74, 6) is 1.55. The second kappa shape index (κ2) is 6.00. The van der Waals surface area contributed by atoms with Crippen LogP contribution in [0.1, 0.15) is 62.0 Å². The largest absolute Gasteiger partial charge is 0.356 e. The second-order valence-electron chi connectivity index (χ2n) is 8.05. The van der Waals surface area contributed by atoms with Crippen LogP contribution in [0.15, 0.2) is 12.3 Å².